The van der Waals surface area contributed by atoms with Gasteiger partial charge in [-0.2, -0.15) is 0 Å². The van der Waals surface area contributed by atoms with Crippen LogP contribution in [0.5, 0.6) is 0 Å². The maximum Gasteiger partial charge on any atom is 0.0117 e. The molecule has 0 aliphatic rings. The highest BCUT2D eigenvalue weighted by Crippen LogP contribution is 1.79. The Morgan fingerprint density at radius 1 is 1.43 bits per heavy atom. The molecule has 0 aromatic heterocycles. The molecule has 0 spiro atoms. The summed E-state index contributed by atoms with van der Waals surface area (Å²) >= 11 is 0. The van der Waals surface area contributed by atoms with Crippen molar-refractivity contribution in [2.75, 3.05) is 0 Å². The van der Waals surface area contributed by atoms with Gasteiger partial charge in [-0.1, -0.05) is 13.8 Å². The van der Waals surface area contributed by atoms with Crippen molar-refractivity contribution in [3.8, 4) is 11.8 Å². The Balaban J connectivity index is 2.91. The zero-order valence-electron chi connectivity index (χ0n) is 4.99. The van der Waals surface area contributed by atoms with Gasteiger partial charge in [-0.3, -0.25) is 0 Å². The van der Waals surface area contributed by atoms with Gasteiger partial charge in [0.1, 0.15) is 0 Å². The molecular weight excluding hydrogens is 84.1 g/mol. The molecule has 0 fully saturated rings. The minimum absolute atomic E-state index is 0.938. The van der Waals surface area contributed by atoms with E-state index in [4.69, 9.17) is 0 Å². The second kappa shape index (κ2) is 5.56. The predicted molar refractivity (Wildman–Crippen MR) is 32.7 cm³/mol. The normalized spacial score (nSPS) is 7.14. The Kier molecular flexibility index (Phi) is 5.21. The largest absolute Gasteiger partial charge is 0.104 e. The molecule has 0 aliphatic heterocycles. The maximum absolute atomic E-state index is 2.98. The van der Waals surface area contributed by atoms with Crippen LogP contribution in [0.25, 0.3) is 0 Å². The summed E-state index contributed by atoms with van der Waals surface area (Å²) in [5.74, 6) is 5.95. The van der Waals surface area contributed by atoms with Crippen molar-refractivity contribution in [3.63, 3.8) is 0 Å². The average molecular weight is 95.2 g/mol. The van der Waals surface area contributed by atoms with E-state index in [1.807, 2.05) is 6.92 Å². The molecule has 0 nitrogen and oxygen atoms in total. The highest BCUT2D eigenvalue weighted by Gasteiger charge is 1.66. The van der Waals surface area contributed by atoms with Crippen molar-refractivity contribution in [2.24, 2.45) is 0 Å². The van der Waals surface area contributed by atoms with E-state index in [0.717, 1.165) is 12.8 Å². The minimum atomic E-state index is 0.938. The summed E-state index contributed by atoms with van der Waals surface area (Å²) in [6, 6.07) is 0. The molecular formula is C7H11. The molecule has 1 radical (unpaired) electrons. The Labute approximate surface area is 45.9 Å². The zero-order chi connectivity index (χ0) is 5.54. The SMILES string of the molecule is C[CH]CC#CCC. The van der Waals surface area contributed by atoms with Gasteiger partial charge in [0.25, 0.3) is 0 Å². The number of hydrogen-bond acceptors (Lipinski definition) is 0. The van der Waals surface area contributed by atoms with Gasteiger partial charge in [0.2, 0.25) is 0 Å². The second-order valence-electron chi connectivity index (χ2n) is 1.32. The molecule has 7 heavy (non-hydrogen) atoms. The Morgan fingerprint density at radius 2 is 2.14 bits per heavy atom. The van der Waals surface area contributed by atoms with Gasteiger partial charge < -0.3 is 0 Å². The van der Waals surface area contributed by atoms with E-state index in [1.165, 1.54) is 0 Å². The Bertz CT molecular complexity index is 71.8. The lowest BCUT2D eigenvalue weighted by atomic mass is 10.3. The molecule has 0 aliphatic carbocycles. The van der Waals surface area contributed by atoms with Gasteiger partial charge >= 0.3 is 0 Å². The van der Waals surface area contributed by atoms with E-state index in [2.05, 4.69) is 25.2 Å². The summed E-state index contributed by atoms with van der Waals surface area (Å²) in [4.78, 5) is 0. The number of hydrogen-bond donors (Lipinski definition) is 0. The first kappa shape index (κ1) is 6.56. The fourth-order valence-electron chi connectivity index (χ4n) is 0.299. The van der Waals surface area contributed by atoms with Crippen LogP contribution in [0.1, 0.15) is 26.7 Å². The Hall–Kier alpha value is -0.440. The van der Waals surface area contributed by atoms with Gasteiger partial charge in [0.05, 0.1) is 0 Å². The lowest BCUT2D eigenvalue weighted by Crippen LogP contribution is -1.61. The summed E-state index contributed by atoms with van der Waals surface area (Å²) in [6.45, 7) is 4.08. The lowest BCUT2D eigenvalue weighted by molar-refractivity contribution is 1.23. The van der Waals surface area contributed by atoms with Gasteiger partial charge in [-0.25, -0.2) is 0 Å². The van der Waals surface area contributed by atoms with E-state index in [1.54, 1.807) is 0 Å². The van der Waals surface area contributed by atoms with Crippen LogP contribution in [0.15, 0.2) is 0 Å². The van der Waals surface area contributed by atoms with Gasteiger partial charge in [-0.15, -0.1) is 11.8 Å². The molecule has 0 rings (SSSR count). The minimum Gasteiger partial charge on any atom is -0.104 e. The molecule has 0 saturated heterocycles. The molecule has 0 atom stereocenters. The molecule has 0 saturated carbocycles. The van der Waals surface area contributed by atoms with Crippen LogP contribution in [-0.4, -0.2) is 0 Å². The molecule has 0 unspecified atom stereocenters. The second-order valence-corrected chi connectivity index (χ2v) is 1.32. The first-order valence-corrected chi connectivity index (χ1v) is 2.65. The fraction of sp³-hybridized carbons (Fsp3) is 0.571. The molecule has 0 heteroatoms. The van der Waals surface area contributed by atoms with Crippen LogP contribution < -0.4 is 0 Å². The van der Waals surface area contributed by atoms with Gasteiger partial charge in [0, 0.05) is 12.8 Å². The first-order chi connectivity index (χ1) is 3.41. The molecule has 39 valence electrons. The maximum atomic E-state index is 2.98. The van der Waals surface area contributed by atoms with Gasteiger partial charge in [-0.05, 0) is 6.42 Å². The molecule has 0 aromatic rings. The first-order valence-electron chi connectivity index (χ1n) is 2.65. The summed E-state index contributed by atoms with van der Waals surface area (Å²) in [7, 11) is 0. The van der Waals surface area contributed by atoms with Crippen molar-refractivity contribution in [1.29, 1.82) is 0 Å². The molecule has 0 aromatic carbocycles. The summed E-state index contributed by atoms with van der Waals surface area (Å²) in [5, 5.41) is 0. The van der Waals surface area contributed by atoms with E-state index in [0.29, 0.717) is 0 Å². The van der Waals surface area contributed by atoms with E-state index < -0.39 is 0 Å². The summed E-state index contributed by atoms with van der Waals surface area (Å²) in [6.07, 6.45) is 3.98. The molecule has 0 N–H and O–H groups in total. The van der Waals surface area contributed by atoms with Crippen LogP contribution in [0.3, 0.4) is 0 Å². The van der Waals surface area contributed by atoms with Crippen LogP contribution in [0, 0.1) is 18.3 Å². The third kappa shape index (κ3) is 5.56. The van der Waals surface area contributed by atoms with Crippen LogP contribution in [0.2, 0.25) is 0 Å². The highest BCUT2D eigenvalue weighted by atomic mass is 13.7. The molecule has 0 amide bonds. The highest BCUT2D eigenvalue weighted by molar-refractivity contribution is 5.00. The summed E-state index contributed by atoms with van der Waals surface area (Å²) < 4.78 is 0. The monoisotopic (exact) mass is 95.1 g/mol. The van der Waals surface area contributed by atoms with E-state index in [-0.39, 0.29) is 0 Å². The lowest BCUT2D eigenvalue weighted by Gasteiger charge is -1.73. The van der Waals surface area contributed by atoms with Crippen molar-refractivity contribution >= 4 is 0 Å². The van der Waals surface area contributed by atoms with Crippen molar-refractivity contribution in [1.82, 2.24) is 0 Å². The average Bonchev–Trinajstić information content (AvgIpc) is 1.69. The van der Waals surface area contributed by atoms with Crippen LogP contribution in [0.4, 0.5) is 0 Å². The van der Waals surface area contributed by atoms with Gasteiger partial charge in [0.15, 0.2) is 0 Å². The van der Waals surface area contributed by atoms with Crippen LogP contribution in [-0.2, 0) is 0 Å². The van der Waals surface area contributed by atoms with Crippen molar-refractivity contribution < 1.29 is 0 Å². The third-order valence-electron chi connectivity index (χ3n) is 0.608. The third-order valence-corrected chi connectivity index (χ3v) is 0.608. The topological polar surface area (TPSA) is 0 Å². The van der Waals surface area contributed by atoms with E-state index >= 15 is 0 Å². The van der Waals surface area contributed by atoms with E-state index in [9.17, 15) is 0 Å². The molecule has 0 heterocycles. The fourth-order valence-corrected chi connectivity index (χ4v) is 0.299. The van der Waals surface area contributed by atoms with Crippen molar-refractivity contribution in [2.45, 2.75) is 26.7 Å². The Morgan fingerprint density at radius 3 is 2.57 bits per heavy atom. The molecule has 0 bridgehead atoms. The van der Waals surface area contributed by atoms with Crippen molar-refractivity contribution in [3.05, 3.63) is 6.42 Å². The standard InChI is InChI=1S/C7H11/c1-3-5-7-6-4-2/h3H,4-5H2,1-2H3. The van der Waals surface area contributed by atoms with Crippen LogP contribution >= 0.6 is 0 Å². The quantitative estimate of drug-likeness (QED) is 0.437. The number of unbranched alkanes of at least 4 members (excludes halogenated alkanes) is 1. The zero-order valence-corrected chi connectivity index (χ0v) is 4.99. The summed E-state index contributed by atoms with van der Waals surface area (Å²) in [5.41, 5.74) is 0. The number of rotatable bonds is 1. The predicted octanol–water partition coefficient (Wildman–Crippen LogP) is 2.01. The smallest absolute Gasteiger partial charge is 0.0117 e.